The van der Waals surface area contributed by atoms with Gasteiger partial charge in [0.2, 0.25) is 11.8 Å². The van der Waals surface area contributed by atoms with Gasteiger partial charge in [0.15, 0.2) is 9.75 Å². The number of thiophene rings is 1. The van der Waals surface area contributed by atoms with Gasteiger partial charge in [0.25, 0.3) is 11.8 Å². The number of halogens is 3. The van der Waals surface area contributed by atoms with E-state index in [0.29, 0.717) is 5.57 Å². The molecule has 2 aliphatic carbocycles. The molecule has 0 spiro atoms. The maximum absolute atomic E-state index is 14.6. The molecule has 9 nitrogen and oxygen atoms in total. The van der Waals surface area contributed by atoms with E-state index in [1.807, 2.05) is 17.5 Å². The fourth-order valence-corrected chi connectivity index (χ4v) is 9.32. The molecule has 13 heteroatoms. The third-order valence-corrected chi connectivity index (χ3v) is 12.0. The van der Waals surface area contributed by atoms with E-state index in [-0.39, 0.29) is 53.8 Å². The lowest BCUT2D eigenvalue weighted by Gasteiger charge is -2.51. The quantitative estimate of drug-likeness (QED) is 0.211. The molecule has 0 bridgehead atoms. The predicted molar refractivity (Wildman–Crippen MR) is 168 cm³/mol. The summed E-state index contributed by atoms with van der Waals surface area (Å²) in [6.45, 7) is 0.120. The number of phenolic OH excluding ortho intramolecular Hbond substituents is 1. The summed E-state index contributed by atoms with van der Waals surface area (Å²) in [7, 11) is 2.73. The Bertz CT molecular complexity index is 1810. The third kappa shape index (κ3) is 4.10. The number of hydrogen-bond acceptors (Lipinski definition) is 8. The van der Waals surface area contributed by atoms with Gasteiger partial charge in [0.05, 0.1) is 38.3 Å². The predicted octanol–water partition coefficient (Wildman–Crippen LogP) is 5.37. The molecule has 2 aromatic carbocycles. The van der Waals surface area contributed by atoms with Gasteiger partial charge in [-0.15, -0.1) is 34.5 Å². The lowest BCUT2D eigenvalue weighted by molar-refractivity contribution is -0.141. The fraction of sp³-hybridized carbons (Fsp3) is 0.333. The Morgan fingerprint density at radius 3 is 2.26 bits per heavy atom. The highest BCUT2D eigenvalue weighted by atomic mass is 35.5. The maximum Gasteiger partial charge on any atom is 0.258 e. The standard InChI is InChI=1S/C33H27Cl2FN2O7S/c1-44-23-12-18(39)13-24(45-2)26(23)27-20-9-10-21-25(29(41)37(28(21)40)15-19-4-3-11-46-19)22(20)14-32(34)30(42)38(31(43)33(27,32)35)17-7-5-16(36)6-8-17/h3-9,11-13,21-22,25,27,39H,10,14-15H2,1-2H3/t21-,22+,25-,27+,32+,33-/m0/s1. The van der Waals surface area contributed by atoms with Crippen molar-refractivity contribution in [2.24, 2.45) is 17.8 Å². The van der Waals surface area contributed by atoms with Crippen LogP contribution in [0.25, 0.3) is 0 Å². The number of allylic oxidation sites excluding steroid dienone is 2. The number of hydrogen-bond donors (Lipinski definition) is 1. The van der Waals surface area contributed by atoms with E-state index in [4.69, 9.17) is 32.7 Å². The van der Waals surface area contributed by atoms with Crippen LogP contribution in [0.15, 0.2) is 65.6 Å². The van der Waals surface area contributed by atoms with E-state index >= 15 is 0 Å². The minimum atomic E-state index is -2.19. The number of aromatic hydroxyl groups is 1. The number of ether oxygens (including phenoxy) is 2. The van der Waals surface area contributed by atoms with Crippen LogP contribution in [0.1, 0.15) is 29.2 Å². The average Bonchev–Trinajstić information content (AvgIpc) is 3.68. The van der Waals surface area contributed by atoms with E-state index in [9.17, 15) is 28.7 Å². The Kier molecular flexibility index (Phi) is 7.22. The Morgan fingerprint density at radius 1 is 0.978 bits per heavy atom. The number of carbonyl (C=O) groups is 4. The minimum absolute atomic E-state index is 0.0679. The highest BCUT2D eigenvalue weighted by Gasteiger charge is 2.77. The molecule has 1 saturated carbocycles. The van der Waals surface area contributed by atoms with Gasteiger partial charge in [-0.05, 0) is 54.5 Å². The summed E-state index contributed by atoms with van der Waals surface area (Å²) in [4.78, 5) is 55.4. The van der Waals surface area contributed by atoms with Crippen molar-refractivity contribution in [3.05, 3.63) is 81.8 Å². The smallest absolute Gasteiger partial charge is 0.258 e. The molecule has 4 aliphatic rings. The van der Waals surface area contributed by atoms with Gasteiger partial charge < -0.3 is 14.6 Å². The van der Waals surface area contributed by atoms with Crippen LogP contribution in [0.5, 0.6) is 17.2 Å². The summed E-state index contributed by atoms with van der Waals surface area (Å²) in [5, 5.41) is 12.3. The van der Waals surface area contributed by atoms with Gasteiger partial charge in [-0.3, -0.25) is 24.1 Å². The molecule has 3 fully saturated rings. The molecule has 6 atom stereocenters. The summed E-state index contributed by atoms with van der Waals surface area (Å²) >= 11 is 16.3. The number of alkyl halides is 2. The molecule has 2 aliphatic heterocycles. The number of phenols is 1. The Balaban J connectivity index is 1.43. The third-order valence-electron chi connectivity index (χ3n) is 9.70. The van der Waals surface area contributed by atoms with Gasteiger partial charge >= 0.3 is 0 Å². The first-order valence-corrected chi connectivity index (χ1v) is 16.1. The lowest BCUT2D eigenvalue weighted by atomic mass is 9.56. The van der Waals surface area contributed by atoms with Crippen molar-refractivity contribution in [1.82, 2.24) is 4.90 Å². The number of amides is 4. The summed E-state index contributed by atoms with van der Waals surface area (Å²) in [5.41, 5.74) is 0.848. The van der Waals surface area contributed by atoms with Crippen molar-refractivity contribution >= 4 is 63.9 Å². The van der Waals surface area contributed by atoms with Gasteiger partial charge in [-0.1, -0.05) is 17.7 Å². The van der Waals surface area contributed by atoms with Crippen LogP contribution < -0.4 is 14.4 Å². The molecule has 1 aromatic heterocycles. The maximum atomic E-state index is 14.6. The second kappa shape index (κ2) is 10.8. The topological polar surface area (TPSA) is 113 Å². The molecule has 238 valence electrons. The zero-order valence-corrected chi connectivity index (χ0v) is 26.9. The Labute approximate surface area is 277 Å². The van der Waals surface area contributed by atoms with Gasteiger partial charge in [-0.25, -0.2) is 9.29 Å². The molecule has 0 unspecified atom stereocenters. The molecule has 2 saturated heterocycles. The number of nitrogens with zero attached hydrogens (tertiary/aromatic N) is 2. The molecular weight excluding hydrogens is 658 g/mol. The summed E-state index contributed by atoms with van der Waals surface area (Å²) in [5.74, 6) is -6.48. The van der Waals surface area contributed by atoms with Gasteiger partial charge in [0, 0.05) is 28.5 Å². The molecule has 1 N–H and O–H groups in total. The van der Waals surface area contributed by atoms with Crippen LogP contribution >= 0.6 is 34.5 Å². The first-order valence-electron chi connectivity index (χ1n) is 14.5. The van der Waals surface area contributed by atoms with Crippen LogP contribution in [-0.2, 0) is 25.7 Å². The normalized spacial score (nSPS) is 30.2. The molecule has 3 heterocycles. The minimum Gasteiger partial charge on any atom is -0.508 e. The van der Waals surface area contributed by atoms with Crippen LogP contribution in [-0.4, -0.2) is 57.6 Å². The Hall–Kier alpha value is -3.93. The van der Waals surface area contributed by atoms with Crippen LogP contribution in [0.3, 0.4) is 0 Å². The van der Waals surface area contributed by atoms with E-state index in [1.54, 1.807) is 6.08 Å². The highest BCUT2D eigenvalue weighted by Crippen LogP contribution is 2.67. The molecule has 3 aromatic rings. The van der Waals surface area contributed by atoms with Crippen molar-refractivity contribution in [3.8, 4) is 17.2 Å². The second-order valence-corrected chi connectivity index (χ2v) is 14.1. The van der Waals surface area contributed by atoms with E-state index < -0.39 is 57.0 Å². The van der Waals surface area contributed by atoms with Crippen LogP contribution in [0.4, 0.5) is 10.1 Å². The number of carbonyl (C=O) groups excluding carboxylic acids is 4. The van der Waals surface area contributed by atoms with Crippen LogP contribution in [0, 0.1) is 23.6 Å². The number of anilines is 1. The average molecular weight is 686 g/mol. The monoisotopic (exact) mass is 684 g/mol. The number of benzene rings is 2. The number of methoxy groups -OCH3 is 2. The molecule has 0 radical (unpaired) electrons. The number of likely N-dealkylation sites (tertiary alicyclic amines) is 1. The number of imide groups is 2. The van der Waals surface area contributed by atoms with Gasteiger partial charge in [0.1, 0.15) is 23.1 Å². The van der Waals surface area contributed by atoms with Crippen molar-refractivity contribution in [2.45, 2.75) is 35.1 Å². The number of fused-ring (bicyclic) bond motifs is 4. The van der Waals surface area contributed by atoms with Gasteiger partial charge in [-0.2, -0.15) is 0 Å². The second-order valence-electron chi connectivity index (χ2n) is 11.9. The van der Waals surface area contributed by atoms with Crippen LogP contribution in [0.2, 0.25) is 0 Å². The van der Waals surface area contributed by atoms with Crippen molar-refractivity contribution < 1.29 is 38.1 Å². The SMILES string of the molecule is COc1cc(O)cc(OC)c1[C@H]1C2=CC[C@@H]3C(=O)N(Cc4cccs4)C(=O)[C@@H]3[C@@H]2C[C@@]2(Cl)C(=O)N(c3ccc(F)cc3)C(=O)[C@@]12Cl. The molecule has 4 amide bonds. The largest absolute Gasteiger partial charge is 0.508 e. The van der Waals surface area contributed by atoms with Crippen molar-refractivity contribution in [3.63, 3.8) is 0 Å². The van der Waals surface area contributed by atoms with Crippen molar-refractivity contribution in [2.75, 3.05) is 19.1 Å². The fourth-order valence-electron chi connectivity index (χ4n) is 7.70. The molecular formula is C33H27Cl2FN2O7S. The molecule has 7 rings (SSSR count). The Morgan fingerprint density at radius 2 is 1.65 bits per heavy atom. The first-order chi connectivity index (χ1) is 22.0. The van der Waals surface area contributed by atoms with E-state index in [2.05, 4.69) is 0 Å². The lowest BCUT2D eigenvalue weighted by Crippen LogP contribution is -2.60. The zero-order valence-electron chi connectivity index (χ0n) is 24.5. The first kappa shape index (κ1) is 30.7. The summed E-state index contributed by atoms with van der Waals surface area (Å²) < 4.78 is 25.2. The zero-order chi connectivity index (χ0) is 32.7. The van der Waals surface area contributed by atoms with E-state index in [0.717, 1.165) is 21.9 Å². The highest BCUT2D eigenvalue weighted by molar-refractivity contribution is 7.09. The summed E-state index contributed by atoms with van der Waals surface area (Å²) in [6.07, 6.45) is 1.77. The van der Waals surface area contributed by atoms with E-state index in [1.165, 1.54) is 54.7 Å². The summed E-state index contributed by atoms with van der Waals surface area (Å²) in [6, 6.07) is 11.1. The number of rotatable bonds is 6. The molecule has 46 heavy (non-hydrogen) atoms. The van der Waals surface area contributed by atoms with Crippen molar-refractivity contribution in [1.29, 1.82) is 0 Å².